The van der Waals surface area contributed by atoms with Crippen molar-refractivity contribution in [1.29, 1.82) is 0 Å². The zero-order valence-electron chi connectivity index (χ0n) is 25.3. The Morgan fingerprint density at radius 2 is 1.77 bits per heavy atom. The summed E-state index contributed by atoms with van der Waals surface area (Å²) in [7, 11) is 0. The lowest BCUT2D eigenvalue weighted by atomic mass is 9.69. The van der Waals surface area contributed by atoms with Crippen LogP contribution >= 0.6 is 0 Å². The predicted octanol–water partition coefficient (Wildman–Crippen LogP) is 6.50. The van der Waals surface area contributed by atoms with Crippen molar-refractivity contribution in [3.63, 3.8) is 0 Å². The van der Waals surface area contributed by atoms with Crippen LogP contribution in [0.15, 0.2) is 71.4 Å². The van der Waals surface area contributed by atoms with Gasteiger partial charge in [0.1, 0.15) is 11.5 Å². The number of benzene rings is 2. The van der Waals surface area contributed by atoms with Crippen molar-refractivity contribution in [2.45, 2.75) is 52.0 Å². The molecule has 4 aromatic rings. The van der Waals surface area contributed by atoms with E-state index in [0.29, 0.717) is 48.0 Å². The molecule has 3 N–H and O–H groups in total. The quantitative estimate of drug-likeness (QED) is 0.116. The molecule has 0 aliphatic heterocycles. The maximum Gasteiger partial charge on any atom is 0.248 e. The van der Waals surface area contributed by atoms with Gasteiger partial charge >= 0.3 is 0 Å². The van der Waals surface area contributed by atoms with Crippen LogP contribution in [0, 0.1) is 6.92 Å². The number of nitrogens with zero attached hydrogens (tertiary/aromatic N) is 1. The molecule has 0 saturated heterocycles. The van der Waals surface area contributed by atoms with Gasteiger partial charge in [0.25, 0.3) is 0 Å². The molecular weight excluding hydrogens is 552 g/mol. The zero-order valence-corrected chi connectivity index (χ0v) is 25.3. The van der Waals surface area contributed by atoms with Gasteiger partial charge in [0.2, 0.25) is 17.5 Å². The molecule has 1 amide bonds. The Balaban J connectivity index is 1.04. The van der Waals surface area contributed by atoms with Gasteiger partial charge in [-0.25, -0.2) is 0 Å². The normalized spacial score (nSPS) is 15.1. The lowest BCUT2D eigenvalue weighted by Crippen LogP contribution is -2.29. The van der Waals surface area contributed by atoms with Crippen molar-refractivity contribution in [2.24, 2.45) is 0 Å². The van der Waals surface area contributed by atoms with Gasteiger partial charge in [-0.2, -0.15) is 0 Å². The summed E-state index contributed by atoms with van der Waals surface area (Å²) < 4.78 is 6.28. The molecule has 0 unspecified atom stereocenters. The maximum absolute atomic E-state index is 13.4. The van der Waals surface area contributed by atoms with E-state index in [0.717, 1.165) is 52.8 Å². The van der Waals surface area contributed by atoms with Gasteiger partial charge in [0.15, 0.2) is 0 Å². The third-order valence-electron chi connectivity index (χ3n) is 8.60. The van der Waals surface area contributed by atoms with E-state index in [1.54, 1.807) is 18.5 Å². The Morgan fingerprint density at radius 1 is 1.00 bits per heavy atom. The van der Waals surface area contributed by atoms with Crippen LogP contribution < -0.4 is 16.0 Å². The Labute approximate surface area is 257 Å². The minimum absolute atomic E-state index is 0.0229. The maximum atomic E-state index is 13.4. The lowest BCUT2D eigenvalue weighted by molar-refractivity contribution is -0.111. The number of carbonyl (C=O) groups excluding carboxylic acids is 3. The zero-order chi connectivity index (χ0) is 30.8. The number of nitrogens with one attached hydrogen (secondary N) is 3. The van der Waals surface area contributed by atoms with E-state index in [-0.39, 0.29) is 11.3 Å². The largest absolute Gasteiger partial charge is 0.459 e. The minimum Gasteiger partial charge on any atom is -0.459 e. The number of furan rings is 1. The standard InChI is InChI=1S/C36H36N4O4/c1-22-29(44-35-27-13-14-28-26(7-4-16-36(28,2)3)32(27)34(43)33(42)31(22)35)21-38-18-19-39-24-9-11-25(12-10-24)40-30(41)15-8-23-6-5-17-37-20-23/h5-6,8-15,17,20,38-39H,4,7,16,18-19,21H2,1-3H3,(H,40,41)/b15-8+. The fourth-order valence-electron chi connectivity index (χ4n) is 6.25. The number of hydrogen-bond donors (Lipinski definition) is 3. The summed E-state index contributed by atoms with van der Waals surface area (Å²) in [6.07, 6.45) is 9.44. The van der Waals surface area contributed by atoms with Gasteiger partial charge in [-0.15, -0.1) is 0 Å². The van der Waals surface area contributed by atoms with Gasteiger partial charge in [0.05, 0.1) is 12.1 Å². The first-order valence-electron chi connectivity index (χ1n) is 15.0. The molecular formula is C36H36N4O4. The molecule has 2 aliphatic carbocycles. The summed E-state index contributed by atoms with van der Waals surface area (Å²) in [5, 5.41) is 9.58. The number of carbonyl (C=O) groups is 3. The van der Waals surface area contributed by atoms with Crippen LogP contribution in [-0.4, -0.2) is 35.5 Å². The van der Waals surface area contributed by atoms with Crippen molar-refractivity contribution in [3.8, 4) is 11.3 Å². The van der Waals surface area contributed by atoms with Crippen LogP contribution in [-0.2, 0) is 23.2 Å². The highest BCUT2D eigenvalue weighted by atomic mass is 16.3. The van der Waals surface area contributed by atoms with Crippen molar-refractivity contribution in [3.05, 3.63) is 106 Å². The number of hydrogen-bond acceptors (Lipinski definition) is 7. The molecule has 8 heteroatoms. The first kappa shape index (κ1) is 29.3. The molecule has 8 nitrogen and oxygen atoms in total. The molecule has 0 saturated carbocycles. The first-order chi connectivity index (χ1) is 21.2. The molecule has 0 spiro atoms. The second-order valence-electron chi connectivity index (χ2n) is 12.1. The fourth-order valence-corrected chi connectivity index (χ4v) is 6.25. The number of pyridine rings is 1. The summed E-state index contributed by atoms with van der Waals surface area (Å²) in [4.78, 5) is 42.9. The molecule has 2 aromatic heterocycles. The molecule has 2 aromatic carbocycles. The Bertz CT molecular complexity index is 1770. The number of fused-ring (bicyclic) bond motifs is 5. The van der Waals surface area contributed by atoms with Crippen LogP contribution in [0.25, 0.3) is 17.4 Å². The SMILES string of the molecule is Cc1c(CNCCNc2ccc(NC(=O)/C=C/c3cccnc3)cc2)oc2c1C(=O)C(=O)c1c-2ccc2c1CCCC2(C)C. The van der Waals surface area contributed by atoms with Gasteiger partial charge in [-0.3, -0.25) is 19.4 Å². The highest BCUT2D eigenvalue weighted by Gasteiger charge is 2.40. The van der Waals surface area contributed by atoms with Gasteiger partial charge in [0, 0.05) is 59.6 Å². The highest BCUT2D eigenvalue weighted by Crippen LogP contribution is 2.45. The Hall–Kier alpha value is -4.82. The van der Waals surface area contributed by atoms with Crippen LogP contribution in [0.4, 0.5) is 11.4 Å². The number of amides is 1. The first-order valence-corrected chi connectivity index (χ1v) is 15.0. The van der Waals surface area contributed by atoms with Crippen LogP contribution in [0.1, 0.15) is 75.4 Å². The molecule has 0 fully saturated rings. The highest BCUT2D eigenvalue weighted by molar-refractivity contribution is 6.53. The van der Waals surface area contributed by atoms with E-state index in [1.165, 1.54) is 6.08 Å². The molecule has 0 atom stereocenters. The number of Topliss-reactive ketones (excluding diaryl/α,β-unsaturated/α-hetero) is 2. The summed E-state index contributed by atoms with van der Waals surface area (Å²) in [6.45, 7) is 7.99. The fraction of sp³-hybridized carbons (Fsp3) is 0.278. The predicted molar refractivity (Wildman–Crippen MR) is 172 cm³/mol. The van der Waals surface area contributed by atoms with Crippen molar-refractivity contribution in [2.75, 3.05) is 23.7 Å². The van der Waals surface area contributed by atoms with Crippen molar-refractivity contribution in [1.82, 2.24) is 10.3 Å². The summed E-state index contributed by atoms with van der Waals surface area (Å²) in [6, 6.07) is 15.3. The van der Waals surface area contributed by atoms with E-state index in [4.69, 9.17) is 4.42 Å². The third-order valence-corrected chi connectivity index (χ3v) is 8.60. The second-order valence-corrected chi connectivity index (χ2v) is 12.1. The average Bonchev–Trinajstić information content (AvgIpc) is 3.35. The summed E-state index contributed by atoms with van der Waals surface area (Å²) in [5.41, 5.74) is 7.02. The van der Waals surface area contributed by atoms with Crippen LogP contribution in [0.5, 0.6) is 0 Å². The average molecular weight is 589 g/mol. The molecule has 44 heavy (non-hydrogen) atoms. The van der Waals surface area contributed by atoms with E-state index >= 15 is 0 Å². The van der Waals surface area contributed by atoms with Gasteiger partial charge in [-0.1, -0.05) is 32.0 Å². The van der Waals surface area contributed by atoms with Gasteiger partial charge < -0.3 is 20.4 Å². The number of ketones is 2. The molecule has 6 rings (SSSR count). The number of rotatable bonds is 9. The number of anilines is 2. The smallest absolute Gasteiger partial charge is 0.248 e. The topological polar surface area (TPSA) is 113 Å². The van der Waals surface area contributed by atoms with Gasteiger partial charge in [-0.05, 0) is 84.7 Å². The molecule has 0 radical (unpaired) electrons. The van der Waals surface area contributed by atoms with E-state index in [9.17, 15) is 14.4 Å². The summed E-state index contributed by atoms with van der Waals surface area (Å²) >= 11 is 0. The van der Waals surface area contributed by atoms with E-state index in [2.05, 4.69) is 40.8 Å². The third kappa shape index (κ3) is 5.73. The van der Waals surface area contributed by atoms with Crippen LogP contribution in [0.2, 0.25) is 0 Å². The lowest BCUT2D eigenvalue weighted by Gasteiger charge is -2.34. The Morgan fingerprint density at radius 3 is 2.55 bits per heavy atom. The van der Waals surface area contributed by atoms with E-state index < -0.39 is 11.6 Å². The Kier molecular flexibility index (Phi) is 8.01. The second kappa shape index (κ2) is 12.1. The minimum atomic E-state index is -0.470. The molecule has 0 bridgehead atoms. The summed E-state index contributed by atoms with van der Waals surface area (Å²) in [5.74, 6) is 0.0817. The van der Waals surface area contributed by atoms with Crippen LogP contribution in [0.3, 0.4) is 0 Å². The van der Waals surface area contributed by atoms with E-state index in [1.807, 2.05) is 49.4 Å². The molecule has 2 heterocycles. The number of aromatic nitrogens is 1. The molecule has 2 aliphatic rings. The van der Waals surface area contributed by atoms with Crippen molar-refractivity contribution >= 4 is 34.9 Å². The molecule has 224 valence electrons. The monoisotopic (exact) mass is 588 g/mol. The van der Waals surface area contributed by atoms with Crippen molar-refractivity contribution < 1.29 is 18.8 Å².